The first-order valence-corrected chi connectivity index (χ1v) is 9.15. The number of aryl methyl sites for hydroxylation is 1. The molecule has 1 aliphatic heterocycles. The van der Waals surface area contributed by atoms with Gasteiger partial charge in [-0.25, -0.2) is 0 Å². The Morgan fingerprint density at radius 2 is 2.10 bits per heavy atom. The van der Waals surface area contributed by atoms with Gasteiger partial charge in [-0.05, 0) is 62.6 Å². The summed E-state index contributed by atoms with van der Waals surface area (Å²) in [5.41, 5.74) is 1.11. The summed E-state index contributed by atoms with van der Waals surface area (Å²) in [5.74, 6) is 1.72. The Hall–Kier alpha value is -0.520. The highest BCUT2D eigenvalue weighted by molar-refractivity contribution is 7.05. The lowest BCUT2D eigenvalue weighted by molar-refractivity contribution is 0.132. The second-order valence-corrected chi connectivity index (χ2v) is 7.96. The summed E-state index contributed by atoms with van der Waals surface area (Å²) in [4.78, 5) is 6.74. The number of aromatic nitrogens is 2. The molecule has 0 radical (unpaired) electrons. The second-order valence-electron chi connectivity index (χ2n) is 7.12. The summed E-state index contributed by atoms with van der Waals surface area (Å²) in [6.45, 7) is 12.9. The molecule has 1 saturated heterocycles. The monoisotopic (exact) mass is 308 g/mol. The van der Waals surface area contributed by atoms with E-state index >= 15 is 0 Å². The number of nitrogens with zero attached hydrogens (tertiary/aromatic N) is 4. The molecule has 2 heterocycles. The molecular weight excluding hydrogens is 280 g/mol. The van der Waals surface area contributed by atoms with Crippen molar-refractivity contribution in [1.29, 1.82) is 0 Å². The third kappa shape index (κ3) is 4.02. The molecule has 2 fully saturated rings. The molecule has 0 unspecified atom stereocenters. The highest BCUT2D eigenvalue weighted by Gasteiger charge is 2.32. The molecule has 21 heavy (non-hydrogen) atoms. The van der Waals surface area contributed by atoms with E-state index < -0.39 is 0 Å². The quantitative estimate of drug-likeness (QED) is 0.837. The van der Waals surface area contributed by atoms with Gasteiger partial charge in [-0.15, -0.1) is 5.10 Å². The van der Waals surface area contributed by atoms with E-state index in [9.17, 15) is 0 Å². The van der Waals surface area contributed by atoms with E-state index in [1.54, 1.807) is 11.5 Å². The minimum atomic E-state index is 0.703. The van der Waals surface area contributed by atoms with Gasteiger partial charge in [0.15, 0.2) is 0 Å². The largest absolute Gasteiger partial charge is 0.299 e. The van der Waals surface area contributed by atoms with Gasteiger partial charge in [-0.2, -0.15) is 0 Å². The van der Waals surface area contributed by atoms with E-state index in [-0.39, 0.29) is 0 Å². The summed E-state index contributed by atoms with van der Waals surface area (Å²) < 4.78 is 4.08. The van der Waals surface area contributed by atoms with Gasteiger partial charge in [0.05, 0.1) is 10.6 Å². The normalized spacial score (nSPS) is 25.4. The zero-order valence-corrected chi connectivity index (χ0v) is 14.4. The van der Waals surface area contributed by atoms with E-state index in [4.69, 9.17) is 0 Å². The Balaban J connectivity index is 1.65. The predicted molar refractivity (Wildman–Crippen MR) is 87.5 cm³/mol. The van der Waals surface area contributed by atoms with Crippen LogP contribution in [0, 0.1) is 18.8 Å². The van der Waals surface area contributed by atoms with Crippen molar-refractivity contribution in [3.05, 3.63) is 10.6 Å². The summed E-state index contributed by atoms with van der Waals surface area (Å²) in [6.07, 6.45) is 4.20. The standard InChI is InChI=1S/C16H28N4S/c1-12(2)15-10-19(11-16-13(3)17-18-21-16)7-4-8-20(15)9-14-5-6-14/h12,14-15H,4-11H2,1-3H3/t15-/m1/s1. The molecule has 0 bridgehead atoms. The Morgan fingerprint density at radius 3 is 2.71 bits per heavy atom. The molecule has 1 aromatic heterocycles. The highest BCUT2D eigenvalue weighted by atomic mass is 32.1. The number of hydrogen-bond donors (Lipinski definition) is 0. The third-order valence-electron chi connectivity index (χ3n) is 4.91. The van der Waals surface area contributed by atoms with Gasteiger partial charge in [-0.3, -0.25) is 9.80 Å². The van der Waals surface area contributed by atoms with Crippen LogP contribution in [-0.4, -0.2) is 51.6 Å². The summed E-state index contributed by atoms with van der Waals surface area (Å²) in [7, 11) is 0. The van der Waals surface area contributed by atoms with Crippen molar-refractivity contribution in [2.45, 2.75) is 52.6 Å². The van der Waals surface area contributed by atoms with Crippen LogP contribution in [-0.2, 0) is 6.54 Å². The molecule has 3 rings (SSSR count). The van der Waals surface area contributed by atoms with Crippen molar-refractivity contribution in [1.82, 2.24) is 19.4 Å². The van der Waals surface area contributed by atoms with Gasteiger partial charge in [-0.1, -0.05) is 18.3 Å². The molecule has 118 valence electrons. The maximum Gasteiger partial charge on any atom is 0.0769 e. The lowest BCUT2D eigenvalue weighted by atomic mass is 10.0. The second kappa shape index (κ2) is 6.71. The van der Waals surface area contributed by atoms with Crippen molar-refractivity contribution in [2.75, 3.05) is 26.2 Å². The molecule has 1 saturated carbocycles. The van der Waals surface area contributed by atoms with Crippen LogP contribution in [0.1, 0.15) is 43.7 Å². The first-order valence-electron chi connectivity index (χ1n) is 8.37. The third-order valence-corrected chi connectivity index (χ3v) is 5.71. The van der Waals surface area contributed by atoms with Crippen LogP contribution in [0.4, 0.5) is 0 Å². The average molecular weight is 308 g/mol. The molecule has 1 atom stereocenters. The summed E-state index contributed by atoms with van der Waals surface area (Å²) in [5, 5.41) is 4.15. The molecular formula is C16H28N4S. The van der Waals surface area contributed by atoms with E-state index in [1.807, 2.05) is 0 Å². The Kier molecular flexibility index (Phi) is 4.92. The van der Waals surface area contributed by atoms with Crippen LogP contribution >= 0.6 is 11.5 Å². The molecule has 0 amide bonds. The van der Waals surface area contributed by atoms with Crippen molar-refractivity contribution < 1.29 is 0 Å². The van der Waals surface area contributed by atoms with E-state index in [0.29, 0.717) is 6.04 Å². The lowest BCUT2D eigenvalue weighted by Crippen LogP contribution is -2.45. The van der Waals surface area contributed by atoms with Gasteiger partial charge in [0.2, 0.25) is 0 Å². The maximum absolute atomic E-state index is 4.15. The summed E-state index contributed by atoms with van der Waals surface area (Å²) >= 11 is 1.56. The zero-order chi connectivity index (χ0) is 14.8. The Bertz CT molecular complexity index is 455. The molecule has 5 heteroatoms. The first kappa shape index (κ1) is 15.4. The van der Waals surface area contributed by atoms with Crippen molar-refractivity contribution in [3.63, 3.8) is 0 Å². The number of hydrogen-bond acceptors (Lipinski definition) is 5. The zero-order valence-electron chi connectivity index (χ0n) is 13.6. The molecule has 4 nitrogen and oxygen atoms in total. The van der Waals surface area contributed by atoms with Crippen LogP contribution in [0.2, 0.25) is 0 Å². The lowest BCUT2D eigenvalue weighted by Gasteiger charge is -2.34. The van der Waals surface area contributed by atoms with E-state index in [1.165, 1.54) is 50.3 Å². The first-order chi connectivity index (χ1) is 10.1. The van der Waals surface area contributed by atoms with Crippen LogP contribution in [0.25, 0.3) is 0 Å². The fourth-order valence-electron chi connectivity index (χ4n) is 3.37. The van der Waals surface area contributed by atoms with Gasteiger partial charge in [0, 0.05) is 25.7 Å². The molecule has 0 aromatic carbocycles. The summed E-state index contributed by atoms with van der Waals surface area (Å²) in [6, 6.07) is 0.703. The highest BCUT2D eigenvalue weighted by Crippen LogP contribution is 2.32. The van der Waals surface area contributed by atoms with Gasteiger partial charge in [0.1, 0.15) is 0 Å². The minimum absolute atomic E-state index is 0.703. The molecule has 0 N–H and O–H groups in total. The van der Waals surface area contributed by atoms with Gasteiger partial charge < -0.3 is 0 Å². The smallest absolute Gasteiger partial charge is 0.0769 e. The van der Waals surface area contributed by atoms with Gasteiger partial charge >= 0.3 is 0 Å². The molecule has 1 aromatic rings. The fourth-order valence-corrected chi connectivity index (χ4v) is 4.04. The Labute approximate surface area is 132 Å². The topological polar surface area (TPSA) is 32.3 Å². The van der Waals surface area contributed by atoms with Crippen molar-refractivity contribution >= 4 is 11.5 Å². The predicted octanol–water partition coefficient (Wildman–Crippen LogP) is 2.79. The fraction of sp³-hybridized carbons (Fsp3) is 0.875. The van der Waals surface area contributed by atoms with Crippen LogP contribution in [0.5, 0.6) is 0 Å². The minimum Gasteiger partial charge on any atom is -0.299 e. The Morgan fingerprint density at radius 1 is 1.29 bits per heavy atom. The van der Waals surface area contributed by atoms with Crippen molar-refractivity contribution in [3.8, 4) is 0 Å². The SMILES string of the molecule is Cc1nnsc1CN1CCCN(CC2CC2)[C@@H](C(C)C)C1. The van der Waals surface area contributed by atoms with Crippen LogP contribution < -0.4 is 0 Å². The van der Waals surface area contributed by atoms with Crippen LogP contribution in [0.15, 0.2) is 0 Å². The van der Waals surface area contributed by atoms with E-state index in [0.717, 1.165) is 24.1 Å². The number of rotatable bonds is 5. The van der Waals surface area contributed by atoms with Gasteiger partial charge in [0.25, 0.3) is 0 Å². The molecule has 2 aliphatic rings. The molecule has 0 spiro atoms. The average Bonchev–Trinajstić information content (AvgIpc) is 3.20. The van der Waals surface area contributed by atoms with Crippen molar-refractivity contribution in [2.24, 2.45) is 11.8 Å². The maximum atomic E-state index is 4.15. The molecule has 1 aliphatic carbocycles. The van der Waals surface area contributed by atoms with E-state index in [2.05, 4.69) is 40.2 Å². The van der Waals surface area contributed by atoms with Crippen LogP contribution in [0.3, 0.4) is 0 Å².